The van der Waals surface area contributed by atoms with E-state index in [9.17, 15) is 4.79 Å². The summed E-state index contributed by atoms with van der Waals surface area (Å²) in [7, 11) is 1.87. The van der Waals surface area contributed by atoms with Gasteiger partial charge in [0, 0.05) is 31.0 Å². The van der Waals surface area contributed by atoms with Gasteiger partial charge in [0.2, 0.25) is 0 Å². The SMILES string of the molecule is CC(NC(=O)c1cccn1C1CC1)c1cnn(C)c1. The van der Waals surface area contributed by atoms with Crippen molar-refractivity contribution in [1.29, 1.82) is 0 Å². The summed E-state index contributed by atoms with van der Waals surface area (Å²) in [6.45, 7) is 1.97. The zero-order valence-corrected chi connectivity index (χ0v) is 11.2. The van der Waals surface area contributed by atoms with Crippen LogP contribution in [0.25, 0.3) is 0 Å². The van der Waals surface area contributed by atoms with E-state index in [1.807, 2.05) is 38.5 Å². The zero-order chi connectivity index (χ0) is 13.4. The monoisotopic (exact) mass is 258 g/mol. The molecule has 0 bridgehead atoms. The molecular weight excluding hydrogens is 240 g/mol. The largest absolute Gasteiger partial charge is 0.344 e. The minimum atomic E-state index is -0.0382. The van der Waals surface area contributed by atoms with Crippen LogP contribution in [0.2, 0.25) is 0 Å². The highest BCUT2D eigenvalue weighted by atomic mass is 16.2. The number of aromatic nitrogens is 3. The Kier molecular flexibility index (Phi) is 2.89. The van der Waals surface area contributed by atoms with E-state index in [0.717, 1.165) is 11.3 Å². The Morgan fingerprint density at radius 3 is 2.95 bits per heavy atom. The molecule has 1 aliphatic carbocycles. The molecule has 0 radical (unpaired) electrons. The number of carbonyl (C=O) groups excluding carboxylic acids is 1. The highest BCUT2D eigenvalue weighted by Gasteiger charge is 2.27. The van der Waals surface area contributed by atoms with Gasteiger partial charge < -0.3 is 9.88 Å². The summed E-state index contributed by atoms with van der Waals surface area (Å²) in [5, 5.41) is 7.15. The van der Waals surface area contributed by atoms with Crippen molar-refractivity contribution in [2.75, 3.05) is 0 Å². The van der Waals surface area contributed by atoms with E-state index in [2.05, 4.69) is 15.0 Å². The number of rotatable bonds is 4. The predicted molar refractivity (Wildman–Crippen MR) is 71.8 cm³/mol. The zero-order valence-electron chi connectivity index (χ0n) is 11.2. The third-order valence-corrected chi connectivity index (χ3v) is 3.52. The van der Waals surface area contributed by atoms with E-state index >= 15 is 0 Å². The van der Waals surface area contributed by atoms with E-state index in [1.54, 1.807) is 10.9 Å². The molecule has 1 unspecified atom stereocenters. The number of hydrogen-bond donors (Lipinski definition) is 1. The molecule has 0 aliphatic heterocycles. The molecule has 1 aliphatic rings. The summed E-state index contributed by atoms with van der Waals surface area (Å²) in [6.07, 6.45) is 8.04. The van der Waals surface area contributed by atoms with Crippen LogP contribution in [0.3, 0.4) is 0 Å². The molecule has 0 spiro atoms. The Morgan fingerprint density at radius 1 is 1.53 bits per heavy atom. The average Bonchev–Trinajstić information content (AvgIpc) is 2.94. The molecule has 3 rings (SSSR count). The van der Waals surface area contributed by atoms with Crippen molar-refractivity contribution >= 4 is 5.91 Å². The van der Waals surface area contributed by atoms with Gasteiger partial charge in [0.15, 0.2) is 0 Å². The van der Waals surface area contributed by atoms with E-state index in [1.165, 1.54) is 12.8 Å². The van der Waals surface area contributed by atoms with E-state index in [4.69, 9.17) is 0 Å². The summed E-state index contributed by atoms with van der Waals surface area (Å²) in [5.74, 6) is -0.0201. The van der Waals surface area contributed by atoms with Crippen LogP contribution in [0.1, 0.15) is 47.9 Å². The molecule has 1 atom stereocenters. The first-order chi connectivity index (χ1) is 9.15. The minimum absolute atomic E-state index is 0.0201. The predicted octanol–water partition coefficient (Wildman–Crippen LogP) is 2.05. The van der Waals surface area contributed by atoms with Crippen molar-refractivity contribution in [2.24, 2.45) is 7.05 Å². The average molecular weight is 258 g/mol. The summed E-state index contributed by atoms with van der Waals surface area (Å²) < 4.78 is 3.82. The van der Waals surface area contributed by atoms with E-state index in [0.29, 0.717) is 6.04 Å². The Bertz CT molecular complexity index is 594. The summed E-state index contributed by atoms with van der Waals surface area (Å²) in [6, 6.07) is 4.29. The van der Waals surface area contributed by atoms with E-state index in [-0.39, 0.29) is 11.9 Å². The fraction of sp³-hybridized carbons (Fsp3) is 0.429. The van der Waals surface area contributed by atoms with Crippen LogP contribution in [0, 0.1) is 0 Å². The number of carbonyl (C=O) groups is 1. The smallest absolute Gasteiger partial charge is 0.268 e. The van der Waals surface area contributed by atoms with Crippen molar-refractivity contribution in [3.63, 3.8) is 0 Å². The van der Waals surface area contributed by atoms with Crippen LogP contribution in [0.4, 0.5) is 0 Å². The summed E-state index contributed by atoms with van der Waals surface area (Å²) in [4.78, 5) is 12.3. The lowest BCUT2D eigenvalue weighted by atomic mass is 10.2. The maximum absolute atomic E-state index is 12.3. The highest BCUT2D eigenvalue weighted by Crippen LogP contribution is 2.36. The van der Waals surface area contributed by atoms with Gasteiger partial charge in [0.1, 0.15) is 5.69 Å². The Balaban J connectivity index is 1.72. The Morgan fingerprint density at radius 2 is 2.32 bits per heavy atom. The third-order valence-electron chi connectivity index (χ3n) is 3.52. The topological polar surface area (TPSA) is 51.9 Å². The van der Waals surface area contributed by atoms with Gasteiger partial charge in [-0.2, -0.15) is 5.10 Å². The second kappa shape index (κ2) is 4.57. The van der Waals surface area contributed by atoms with Crippen molar-refractivity contribution in [3.8, 4) is 0 Å². The van der Waals surface area contributed by atoms with Crippen LogP contribution < -0.4 is 5.32 Å². The lowest BCUT2D eigenvalue weighted by molar-refractivity contribution is 0.0930. The van der Waals surface area contributed by atoms with Gasteiger partial charge >= 0.3 is 0 Å². The lowest BCUT2D eigenvalue weighted by Crippen LogP contribution is -2.28. The maximum Gasteiger partial charge on any atom is 0.268 e. The fourth-order valence-electron chi connectivity index (χ4n) is 2.27. The quantitative estimate of drug-likeness (QED) is 0.912. The number of nitrogens with zero attached hydrogens (tertiary/aromatic N) is 3. The second-order valence-corrected chi connectivity index (χ2v) is 5.17. The molecule has 0 aromatic carbocycles. The molecule has 0 saturated heterocycles. The molecule has 1 N–H and O–H groups in total. The van der Waals surface area contributed by atoms with Gasteiger partial charge in [0.25, 0.3) is 5.91 Å². The molecule has 5 heteroatoms. The van der Waals surface area contributed by atoms with Crippen LogP contribution >= 0.6 is 0 Å². The standard InChI is InChI=1S/C14H18N4O/c1-10(11-8-15-17(2)9-11)16-14(19)13-4-3-7-18(13)12-5-6-12/h3-4,7-10,12H,5-6H2,1-2H3,(H,16,19). The Labute approximate surface area is 112 Å². The molecular formula is C14H18N4O. The number of aryl methyl sites for hydroxylation is 1. The van der Waals surface area contributed by atoms with Gasteiger partial charge in [-0.15, -0.1) is 0 Å². The van der Waals surface area contributed by atoms with Crippen LogP contribution in [-0.2, 0) is 7.05 Å². The molecule has 2 aromatic heterocycles. The van der Waals surface area contributed by atoms with E-state index < -0.39 is 0 Å². The molecule has 1 saturated carbocycles. The summed E-state index contributed by atoms with van der Waals surface area (Å²) in [5.41, 5.74) is 1.76. The molecule has 2 heterocycles. The first-order valence-electron chi connectivity index (χ1n) is 6.61. The highest BCUT2D eigenvalue weighted by molar-refractivity contribution is 5.93. The van der Waals surface area contributed by atoms with Crippen LogP contribution in [0.15, 0.2) is 30.7 Å². The molecule has 1 amide bonds. The van der Waals surface area contributed by atoms with Crippen molar-refractivity contribution < 1.29 is 4.79 Å². The first-order valence-corrected chi connectivity index (χ1v) is 6.61. The third kappa shape index (κ3) is 2.41. The molecule has 1 fully saturated rings. The van der Waals surface area contributed by atoms with Crippen LogP contribution in [-0.4, -0.2) is 20.3 Å². The van der Waals surface area contributed by atoms with Gasteiger partial charge in [0.05, 0.1) is 12.2 Å². The molecule has 100 valence electrons. The normalized spacial score (nSPS) is 16.3. The number of nitrogens with one attached hydrogen (secondary N) is 1. The van der Waals surface area contributed by atoms with Crippen molar-refractivity contribution in [1.82, 2.24) is 19.7 Å². The fourth-order valence-corrected chi connectivity index (χ4v) is 2.27. The van der Waals surface area contributed by atoms with Crippen molar-refractivity contribution in [2.45, 2.75) is 31.8 Å². The van der Waals surface area contributed by atoms with Crippen LogP contribution in [0.5, 0.6) is 0 Å². The van der Waals surface area contributed by atoms with Gasteiger partial charge in [-0.3, -0.25) is 9.48 Å². The Hall–Kier alpha value is -2.04. The first kappa shape index (κ1) is 12.0. The number of amides is 1. The minimum Gasteiger partial charge on any atom is -0.344 e. The summed E-state index contributed by atoms with van der Waals surface area (Å²) >= 11 is 0. The maximum atomic E-state index is 12.3. The number of hydrogen-bond acceptors (Lipinski definition) is 2. The van der Waals surface area contributed by atoms with Gasteiger partial charge in [-0.1, -0.05) is 0 Å². The lowest BCUT2D eigenvalue weighted by Gasteiger charge is -2.13. The van der Waals surface area contributed by atoms with Gasteiger partial charge in [-0.05, 0) is 31.9 Å². The van der Waals surface area contributed by atoms with Crippen molar-refractivity contribution in [3.05, 3.63) is 42.0 Å². The molecule has 19 heavy (non-hydrogen) atoms. The molecule has 5 nitrogen and oxygen atoms in total. The molecule has 2 aromatic rings. The second-order valence-electron chi connectivity index (χ2n) is 5.17. The van der Waals surface area contributed by atoms with Gasteiger partial charge in [-0.25, -0.2) is 0 Å².